The molecule has 1 aliphatic rings. The van der Waals surface area contributed by atoms with Gasteiger partial charge in [-0.25, -0.2) is 9.89 Å². The molecule has 0 spiro atoms. The predicted molar refractivity (Wildman–Crippen MR) is 118 cm³/mol. The highest BCUT2D eigenvalue weighted by atomic mass is 16.5. The number of hydrogen-bond acceptors (Lipinski definition) is 9. The summed E-state index contributed by atoms with van der Waals surface area (Å²) in [6.07, 6.45) is 0. The van der Waals surface area contributed by atoms with Crippen molar-refractivity contribution in [2.75, 3.05) is 19.0 Å². The van der Waals surface area contributed by atoms with Crippen LogP contribution in [0.2, 0.25) is 0 Å². The quantitative estimate of drug-likeness (QED) is 0.390. The number of carbonyl (C=O) groups is 1. The van der Waals surface area contributed by atoms with Crippen LogP contribution in [0.4, 0.5) is 11.6 Å². The monoisotopic (exact) mass is 445 g/mol. The van der Waals surface area contributed by atoms with E-state index in [1.165, 1.54) is 7.11 Å². The lowest BCUT2D eigenvalue weighted by Crippen LogP contribution is -2.29. The molecule has 166 valence electrons. The molecular weight excluding hydrogens is 426 g/mol. The van der Waals surface area contributed by atoms with Gasteiger partial charge in [0.25, 0.3) is 5.56 Å². The number of fused-ring (bicyclic) bond motifs is 2. The molecule has 0 bridgehead atoms. The van der Waals surface area contributed by atoms with Gasteiger partial charge in [0.15, 0.2) is 0 Å². The standard InChI is InChI=1S/C22H19N7O4/c1-3-33-15-10-8-12(9-11-15)17-16-18(20(30)25-24-17)23-22-26-27-28-29(22)19(16)13-4-6-14(7-5-13)21(31)32-2/h4-11,19H,3H2,1-2H3,(H,25,30)(H,23,26,28)/t19-/m1/s1. The van der Waals surface area contributed by atoms with Crippen LogP contribution in [0.25, 0.3) is 11.3 Å². The molecule has 0 saturated heterocycles. The molecule has 0 amide bonds. The van der Waals surface area contributed by atoms with E-state index in [1.54, 1.807) is 28.9 Å². The van der Waals surface area contributed by atoms with Crippen molar-refractivity contribution in [2.24, 2.45) is 0 Å². The highest BCUT2D eigenvalue weighted by molar-refractivity contribution is 5.89. The lowest BCUT2D eigenvalue weighted by Gasteiger charge is -2.27. The van der Waals surface area contributed by atoms with E-state index in [2.05, 4.69) is 31.0 Å². The molecular formula is C22H19N7O4. The van der Waals surface area contributed by atoms with E-state index in [9.17, 15) is 9.59 Å². The smallest absolute Gasteiger partial charge is 0.337 e. The summed E-state index contributed by atoms with van der Waals surface area (Å²) in [4.78, 5) is 24.6. The molecule has 2 aromatic carbocycles. The van der Waals surface area contributed by atoms with Gasteiger partial charge >= 0.3 is 5.97 Å². The fourth-order valence-electron chi connectivity index (χ4n) is 3.86. The number of esters is 1. The van der Waals surface area contributed by atoms with Crippen molar-refractivity contribution in [2.45, 2.75) is 13.0 Å². The van der Waals surface area contributed by atoms with E-state index in [0.29, 0.717) is 35.1 Å². The van der Waals surface area contributed by atoms with Crippen molar-refractivity contribution in [3.63, 3.8) is 0 Å². The molecule has 1 aliphatic heterocycles. The first kappa shape index (κ1) is 20.4. The molecule has 5 rings (SSSR count). The van der Waals surface area contributed by atoms with Crippen LogP contribution in [0.3, 0.4) is 0 Å². The summed E-state index contributed by atoms with van der Waals surface area (Å²) in [5, 5.41) is 21.8. The van der Waals surface area contributed by atoms with Crippen LogP contribution in [0, 0.1) is 0 Å². The van der Waals surface area contributed by atoms with Gasteiger partial charge in [-0.2, -0.15) is 9.78 Å². The summed E-state index contributed by atoms with van der Waals surface area (Å²) in [5.74, 6) is 0.609. The molecule has 11 nitrogen and oxygen atoms in total. The second-order valence-corrected chi connectivity index (χ2v) is 7.24. The Labute approximate surface area is 187 Å². The van der Waals surface area contributed by atoms with Crippen molar-refractivity contribution in [1.82, 2.24) is 30.4 Å². The Balaban J connectivity index is 1.69. The van der Waals surface area contributed by atoms with Gasteiger partial charge in [-0.05, 0) is 59.3 Å². The summed E-state index contributed by atoms with van der Waals surface area (Å²) in [5.41, 5.74) is 3.02. The number of nitrogens with one attached hydrogen (secondary N) is 2. The normalized spacial score (nSPS) is 14.1. The molecule has 1 atom stereocenters. The number of aromatic amines is 1. The second-order valence-electron chi connectivity index (χ2n) is 7.24. The number of methoxy groups -OCH3 is 1. The first-order valence-electron chi connectivity index (χ1n) is 10.2. The number of tetrazole rings is 1. The summed E-state index contributed by atoms with van der Waals surface area (Å²) >= 11 is 0. The van der Waals surface area contributed by atoms with Crippen LogP contribution in [0.15, 0.2) is 53.3 Å². The fourth-order valence-corrected chi connectivity index (χ4v) is 3.86. The van der Waals surface area contributed by atoms with E-state index in [-0.39, 0.29) is 0 Å². The summed E-state index contributed by atoms with van der Waals surface area (Å²) in [7, 11) is 1.33. The second kappa shape index (κ2) is 8.19. The van der Waals surface area contributed by atoms with Crippen molar-refractivity contribution >= 4 is 17.6 Å². The van der Waals surface area contributed by atoms with E-state index in [0.717, 1.165) is 16.9 Å². The number of aromatic nitrogens is 6. The Kier molecular flexibility index (Phi) is 5.05. The van der Waals surface area contributed by atoms with Gasteiger partial charge in [-0.3, -0.25) is 4.79 Å². The Morgan fingerprint density at radius 2 is 1.88 bits per heavy atom. The highest BCUT2D eigenvalue weighted by Gasteiger charge is 2.34. The number of anilines is 2. The van der Waals surface area contributed by atoms with E-state index >= 15 is 0 Å². The average Bonchev–Trinajstić information content (AvgIpc) is 3.32. The number of H-pyrrole nitrogens is 1. The fraction of sp³-hybridized carbons (Fsp3) is 0.182. The molecule has 2 N–H and O–H groups in total. The zero-order valence-electron chi connectivity index (χ0n) is 17.8. The Hall–Kier alpha value is -4.54. The zero-order valence-corrected chi connectivity index (χ0v) is 17.8. The van der Waals surface area contributed by atoms with Crippen molar-refractivity contribution in [1.29, 1.82) is 0 Å². The van der Waals surface area contributed by atoms with Gasteiger partial charge < -0.3 is 14.8 Å². The third kappa shape index (κ3) is 3.49. The van der Waals surface area contributed by atoms with Gasteiger partial charge in [0.2, 0.25) is 5.95 Å². The van der Waals surface area contributed by atoms with Crippen LogP contribution in [-0.4, -0.2) is 50.1 Å². The van der Waals surface area contributed by atoms with Gasteiger partial charge in [0.1, 0.15) is 17.5 Å². The van der Waals surface area contributed by atoms with Crippen LogP contribution in [0.5, 0.6) is 5.75 Å². The average molecular weight is 445 g/mol. The molecule has 3 heterocycles. The highest BCUT2D eigenvalue weighted by Crippen LogP contribution is 2.41. The van der Waals surface area contributed by atoms with Crippen LogP contribution >= 0.6 is 0 Å². The van der Waals surface area contributed by atoms with E-state index < -0.39 is 17.6 Å². The Morgan fingerprint density at radius 3 is 2.58 bits per heavy atom. The molecule has 0 fully saturated rings. The number of rotatable bonds is 5. The topological polar surface area (TPSA) is 137 Å². The third-order valence-corrected chi connectivity index (χ3v) is 5.35. The summed E-state index contributed by atoms with van der Waals surface area (Å²) < 4.78 is 11.9. The van der Waals surface area contributed by atoms with Gasteiger partial charge in [-0.15, -0.1) is 0 Å². The molecule has 0 aliphatic carbocycles. The number of carbonyl (C=O) groups excluding carboxylic acids is 1. The number of benzene rings is 2. The van der Waals surface area contributed by atoms with Crippen LogP contribution in [0.1, 0.15) is 34.5 Å². The maximum absolute atomic E-state index is 12.7. The predicted octanol–water partition coefficient (Wildman–Crippen LogP) is 2.30. The molecule has 0 saturated carbocycles. The third-order valence-electron chi connectivity index (χ3n) is 5.35. The van der Waals surface area contributed by atoms with Crippen molar-refractivity contribution < 1.29 is 14.3 Å². The Bertz CT molecular complexity index is 1380. The van der Waals surface area contributed by atoms with Crippen molar-refractivity contribution in [3.8, 4) is 17.0 Å². The van der Waals surface area contributed by atoms with Crippen LogP contribution in [-0.2, 0) is 4.74 Å². The number of hydrogen-bond donors (Lipinski definition) is 2. The van der Waals surface area contributed by atoms with Gasteiger partial charge in [0, 0.05) is 11.1 Å². The molecule has 0 unspecified atom stereocenters. The lowest BCUT2D eigenvalue weighted by atomic mass is 9.92. The lowest BCUT2D eigenvalue weighted by molar-refractivity contribution is 0.0600. The maximum Gasteiger partial charge on any atom is 0.337 e. The van der Waals surface area contributed by atoms with Crippen LogP contribution < -0.4 is 15.6 Å². The summed E-state index contributed by atoms with van der Waals surface area (Å²) in [6, 6.07) is 13.7. The zero-order chi connectivity index (χ0) is 22.9. The molecule has 4 aromatic rings. The van der Waals surface area contributed by atoms with E-state index in [1.807, 2.05) is 31.2 Å². The first-order valence-corrected chi connectivity index (χ1v) is 10.2. The number of ether oxygens (including phenoxy) is 2. The molecule has 11 heteroatoms. The Morgan fingerprint density at radius 1 is 1.12 bits per heavy atom. The van der Waals surface area contributed by atoms with Crippen molar-refractivity contribution in [3.05, 3.63) is 75.6 Å². The maximum atomic E-state index is 12.7. The minimum atomic E-state index is -0.561. The number of nitrogens with zero attached hydrogens (tertiary/aromatic N) is 5. The van der Waals surface area contributed by atoms with Gasteiger partial charge in [-0.1, -0.05) is 17.2 Å². The first-order chi connectivity index (χ1) is 16.1. The molecule has 0 radical (unpaired) electrons. The minimum Gasteiger partial charge on any atom is -0.494 e. The molecule has 2 aromatic heterocycles. The SMILES string of the molecule is CCOc1ccc(-c2n[nH]c(=O)c3c2[C@@H](c2ccc(C(=O)OC)cc2)n2nnnc2N3)cc1. The molecule has 33 heavy (non-hydrogen) atoms. The van der Waals surface area contributed by atoms with Gasteiger partial charge in [0.05, 0.1) is 25.0 Å². The summed E-state index contributed by atoms with van der Waals surface area (Å²) in [6.45, 7) is 2.47. The minimum absolute atomic E-state index is 0.304. The largest absolute Gasteiger partial charge is 0.494 e. The van der Waals surface area contributed by atoms with E-state index in [4.69, 9.17) is 9.47 Å².